The molecule has 3 nitrogen and oxygen atoms in total. The number of anilines is 1. The zero-order chi connectivity index (χ0) is 18.7. The number of hydrogen-bond acceptors (Lipinski definition) is 3. The fourth-order valence-corrected chi connectivity index (χ4v) is 3.28. The largest absolute Gasteiger partial charge is 0.487 e. The van der Waals surface area contributed by atoms with Gasteiger partial charge in [-0.1, -0.05) is 23.7 Å². The second-order valence-corrected chi connectivity index (χ2v) is 7.28. The molecule has 0 bridgehead atoms. The number of thiophene rings is 1. The molecule has 0 aliphatic carbocycles. The minimum absolute atomic E-state index is 0.280. The Labute approximate surface area is 160 Å². The number of rotatable bonds is 5. The summed E-state index contributed by atoms with van der Waals surface area (Å²) in [5.74, 6) is -0.0183. The van der Waals surface area contributed by atoms with Crippen molar-refractivity contribution in [3.63, 3.8) is 0 Å². The summed E-state index contributed by atoms with van der Waals surface area (Å²) in [6, 6.07) is 11.9. The third-order valence-corrected chi connectivity index (χ3v) is 5.08. The smallest absolute Gasteiger partial charge is 0.265 e. The predicted octanol–water partition coefficient (Wildman–Crippen LogP) is 5.99. The molecule has 26 heavy (non-hydrogen) atoms. The number of amides is 1. The first-order chi connectivity index (χ1) is 12.4. The fraction of sp³-hybridized carbons (Fsp3) is 0.150. The third kappa shape index (κ3) is 4.42. The maximum Gasteiger partial charge on any atom is 0.265 e. The van der Waals surface area contributed by atoms with Crippen LogP contribution in [-0.2, 0) is 6.61 Å². The Balaban J connectivity index is 1.64. The van der Waals surface area contributed by atoms with Crippen molar-refractivity contribution in [3.8, 4) is 5.75 Å². The highest BCUT2D eigenvalue weighted by Gasteiger charge is 2.11. The normalized spacial score (nSPS) is 10.6. The Morgan fingerprint density at radius 1 is 1.19 bits per heavy atom. The second kappa shape index (κ2) is 7.89. The summed E-state index contributed by atoms with van der Waals surface area (Å²) in [5.41, 5.74) is 2.89. The van der Waals surface area contributed by atoms with E-state index in [1.165, 1.54) is 17.4 Å². The number of halogens is 2. The lowest BCUT2D eigenvalue weighted by Gasteiger charge is -2.07. The standard InChI is InChI=1S/C20H17ClFNO2S/c1-12-3-6-16(21)18(7-12)25-10-14-8-19(26-11-14)20(24)23-15-5-4-13(2)17(22)9-15/h3-9,11H,10H2,1-2H3,(H,23,24). The maximum atomic E-state index is 13.6. The van der Waals surface area contributed by atoms with E-state index in [0.29, 0.717) is 33.5 Å². The molecule has 0 fully saturated rings. The fourth-order valence-electron chi connectivity index (χ4n) is 2.32. The highest BCUT2D eigenvalue weighted by Crippen LogP contribution is 2.27. The van der Waals surface area contributed by atoms with Crippen molar-refractivity contribution >= 4 is 34.5 Å². The Morgan fingerprint density at radius 2 is 2.00 bits per heavy atom. The average molecular weight is 390 g/mol. The van der Waals surface area contributed by atoms with Gasteiger partial charge in [0, 0.05) is 11.3 Å². The Morgan fingerprint density at radius 3 is 2.77 bits per heavy atom. The molecule has 1 heterocycles. The molecule has 0 radical (unpaired) electrons. The van der Waals surface area contributed by atoms with Crippen LogP contribution >= 0.6 is 22.9 Å². The molecule has 0 spiro atoms. The van der Waals surface area contributed by atoms with Gasteiger partial charge in [-0.25, -0.2) is 4.39 Å². The number of benzene rings is 2. The summed E-state index contributed by atoms with van der Waals surface area (Å²) in [6.07, 6.45) is 0. The molecular weight excluding hydrogens is 373 g/mol. The first-order valence-electron chi connectivity index (χ1n) is 7.96. The van der Waals surface area contributed by atoms with Gasteiger partial charge in [0.1, 0.15) is 18.2 Å². The zero-order valence-corrected chi connectivity index (χ0v) is 15.9. The lowest BCUT2D eigenvalue weighted by molar-refractivity contribution is 0.103. The third-order valence-electron chi connectivity index (χ3n) is 3.79. The molecule has 1 N–H and O–H groups in total. The van der Waals surface area contributed by atoms with Crippen LogP contribution in [0.5, 0.6) is 5.75 Å². The maximum absolute atomic E-state index is 13.6. The SMILES string of the molecule is Cc1ccc(Cl)c(OCc2csc(C(=O)Nc3ccc(C)c(F)c3)c2)c1. The lowest BCUT2D eigenvalue weighted by Crippen LogP contribution is -2.10. The van der Waals surface area contributed by atoms with Gasteiger partial charge in [0.05, 0.1) is 9.90 Å². The topological polar surface area (TPSA) is 38.3 Å². The Bertz CT molecular complexity index is 955. The van der Waals surface area contributed by atoms with Gasteiger partial charge in [-0.3, -0.25) is 4.79 Å². The van der Waals surface area contributed by atoms with E-state index in [4.69, 9.17) is 16.3 Å². The summed E-state index contributed by atoms with van der Waals surface area (Å²) in [6.45, 7) is 3.95. The van der Waals surface area contributed by atoms with E-state index >= 15 is 0 Å². The Kier molecular flexibility index (Phi) is 5.59. The summed E-state index contributed by atoms with van der Waals surface area (Å²) in [7, 11) is 0. The molecule has 6 heteroatoms. The van der Waals surface area contributed by atoms with Crippen LogP contribution in [0, 0.1) is 19.7 Å². The molecule has 1 aromatic heterocycles. The van der Waals surface area contributed by atoms with Gasteiger partial charge in [-0.2, -0.15) is 0 Å². The number of ether oxygens (including phenoxy) is 1. The summed E-state index contributed by atoms with van der Waals surface area (Å²) in [5, 5.41) is 5.10. The second-order valence-electron chi connectivity index (χ2n) is 5.96. The number of carbonyl (C=O) groups is 1. The van der Waals surface area contributed by atoms with E-state index in [2.05, 4.69) is 5.32 Å². The summed E-state index contributed by atoms with van der Waals surface area (Å²) in [4.78, 5) is 12.8. The van der Waals surface area contributed by atoms with Crippen LogP contribution in [0.2, 0.25) is 5.02 Å². The van der Waals surface area contributed by atoms with Gasteiger partial charge in [0.25, 0.3) is 5.91 Å². The molecule has 0 unspecified atom stereocenters. The summed E-state index contributed by atoms with van der Waals surface area (Å²) >= 11 is 7.42. The van der Waals surface area contributed by atoms with Gasteiger partial charge in [-0.05, 0) is 60.7 Å². The van der Waals surface area contributed by atoms with Crippen LogP contribution in [0.4, 0.5) is 10.1 Å². The van der Waals surface area contributed by atoms with E-state index in [9.17, 15) is 9.18 Å². The molecule has 0 saturated carbocycles. The first-order valence-corrected chi connectivity index (χ1v) is 9.22. The zero-order valence-electron chi connectivity index (χ0n) is 14.3. The summed E-state index contributed by atoms with van der Waals surface area (Å²) < 4.78 is 19.3. The number of nitrogens with one attached hydrogen (secondary N) is 1. The van der Waals surface area contributed by atoms with Crippen molar-refractivity contribution in [2.75, 3.05) is 5.32 Å². The first kappa shape index (κ1) is 18.4. The molecule has 1 amide bonds. The van der Waals surface area contributed by atoms with Gasteiger partial charge in [0.15, 0.2) is 0 Å². The molecule has 134 valence electrons. The number of carbonyl (C=O) groups excluding carboxylic acids is 1. The highest BCUT2D eigenvalue weighted by atomic mass is 35.5. The Hall–Kier alpha value is -2.37. The van der Waals surface area contributed by atoms with Crippen LogP contribution in [0.1, 0.15) is 26.4 Å². The van der Waals surface area contributed by atoms with E-state index < -0.39 is 0 Å². The number of hydrogen-bond donors (Lipinski definition) is 1. The van der Waals surface area contributed by atoms with Gasteiger partial charge in [-0.15, -0.1) is 11.3 Å². The van der Waals surface area contributed by atoms with Gasteiger partial charge < -0.3 is 10.1 Å². The van der Waals surface area contributed by atoms with Crippen molar-refractivity contribution in [3.05, 3.63) is 80.3 Å². The van der Waals surface area contributed by atoms with Crippen LogP contribution in [-0.4, -0.2) is 5.91 Å². The van der Waals surface area contributed by atoms with Gasteiger partial charge >= 0.3 is 0 Å². The highest BCUT2D eigenvalue weighted by molar-refractivity contribution is 7.12. The van der Waals surface area contributed by atoms with Crippen LogP contribution in [0.15, 0.2) is 47.8 Å². The molecule has 3 aromatic rings. The van der Waals surface area contributed by atoms with Gasteiger partial charge in [0.2, 0.25) is 0 Å². The minimum atomic E-state index is -0.349. The molecule has 0 aliphatic rings. The van der Waals surface area contributed by atoms with Crippen molar-refractivity contribution < 1.29 is 13.9 Å². The molecular formula is C20H17ClFNO2S. The van der Waals surface area contributed by atoms with Crippen molar-refractivity contribution in [2.45, 2.75) is 20.5 Å². The molecule has 2 aromatic carbocycles. The van der Waals surface area contributed by atoms with Crippen molar-refractivity contribution in [2.24, 2.45) is 0 Å². The molecule has 3 rings (SSSR count). The van der Waals surface area contributed by atoms with E-state index in [1.54, 1.807) is 31.2 Å². The number of aryl methyl sites for hydroxylation is 2. The van der Waals surface area contributed by atoms with Crippen molar-refractivity contribution in [1.29, 1.82) is 0 Å². The van der Waals surface area contributed by atoms with E-state index in [1.807, 2.05) is 24.4 Å². The monoisotopic (exact) mass is 389 g/mol. The minimum Gasteiger partial charge on any atom is -0.487 e. The van der Waals surface area contributed by atoms with Crippen LogP contribution in [0.25, 0.3) is 0 Å². The molecule has 0 aliphatic heterocycles. The predicted molar refractivity (Wildman–Crippen MR) is 104 cm³/mol. The molecule has 0 saturated heterocycles. The van der Waals surface area contributed by atoms with E-state index in [0.717, 1.165) is 11.1 Å². The lowest BCUT2D eigenvalue weighted by atomic mass is 10.2. The average Bonchev–Trinajstić information content (AvgIpc) is 3.08. The van der Waals surface area contributed by atoms with Crippen molar-refractivity contribution in [1.82, 2.24) is 0 Å². The van der Waals surface area contributed by atoms with E-state index in [-0.39, 0.29) is 11.7 Å². The van der Waals surface area contributed by atoms with Crippen LogP contribution in [0.3, 0.4) is 0 Å². The molecule has 0 atom stereocenters. The van der Waals surface area contributed by atoms with Crippen LogP contribution < -0.4 is 10.1 Å². The quantitative estimate of drug-likeness (QED) is 0.582.